The van der Waals surface area contributed by atoms with Gasteiger partial charge in [-0.15, -0.1) is 0 Å². The van der Waals surface area contributed by atoms with Gasteiger partial charge in [-0.25, -0.2) is 0 Å². The fourth-order valence-corrected chi connectivity index (χ4v) is 5.27. The molecule has 1 aliphatic heterocycles. The van der Waals surface area contributed by atoms with E-state index in [0.29, 0.717) is 18.0 Å². The van der Waals surface area contributed by atoms with E-state index >= 15 is 0 Å². The van der Waals surface area contributed by atoms with Crippen molar-refractivity contribution < 1.29 is 24.2 Å². The normalized spacial score (nSPS) is 18.2. The van der Waals surface area contributed by atoms with Gasteiger partial charge in [-0.05, 0) is 66.6 Å². The zero-order valence-corrected chi connectivity index (χ0v) is 19.0. The largest absolute Gasteiger partial charge is 0.768 e. The predicted octanol–water partition coefficient (Wildman–Crippen LogP) is 3.82. The molecule has 0 radical (unpaired) electrons. The molecule has 0 bridgehead atoms. The van der Waals surface area contributed by atoms with Crippen LogP contribution >= 0.6 is 0 Å². The molecule has 1 saturated heterocycles. The van der Waals surface area contributed by atoms with Gasteiger partial charge >= 0.3 is 0 Å². The number of amides is 1. The Kier molecular flexibility index (Phi) is 5.46. The molecule has 174 valence electrons. The van der Waals surface area contributed by atoms with Crippen molar-refractivity contribution in [3.8, 4) is 17.1 Å². The zero-order valence-electron chi connectivity index (χ0n) is 18.2. The van der Waals surface area contributed by atoms with Crippen LogP contribution in [-0.4, -0.2) is 33.5 Å². The Morgan fingerprint density at radius 3 is 2.70 bits per heavy atom. The minimum atomic E-state index is -2.22. The van der Waals surface area contributed by atoms with Crippen molar-refractivity contribution in [1.29, 1.82) is 0 Å². The lowest BCUT2D eigenvalue weighted by Gasteiger charge is -2.26. The molecule has 2 aliphatic carbocycles. The van der Waals surface area contributed by atoms with E-state index in [1.54, 1.807) is 18.2 Å². The fourth-order valence-electron chi connectivity index (χ4n) is 4.76. The van der Waals surface area contributed by atoms with E-state index in [-0.39, 0.29) is 17.6 Å². The molecule has 6 rings (SSSR count). The van der Waals surface area contributed by atoms with Crippen molar-refractivity contribution in [1.82, 2.24) is 5.16 Å². The maximum Gasteiger partial charge on any atom is 0.227 e. The lowest BCUT2D eigenvalue weighted by atomic mass is 9.79. The van der Waals surface area contributed by atoms with E-state index in [9.17, 15) is 13.6 Å². The van der Waals surface area contributed by atoms with Gasteiger partial charge in [0, 0.05) is 36.6 Å². The highest BCUT2D eigenvalue weighted by Gasteiger charge is 2.50. The number of hydrogen-bond donors (Lipinski definition) is 1. The fraction of sp³-hybridized carbons (Fsp3) is 0.333. The van der Waals surface area contributed by atoms with Crippen molar-refractivity contribution in [2.75, 3.05) is 24.3 Å². The summed E-state index contributed by atoms with van der Waals surface area (Å²) in [5.74, 6) is 1.88. The van der Waals surface area contributed by atoms with Crippen LogP contribution in [-0.2, 0) is 27.7 Å². The molecule has 3 aromatic rings. The monoisotopic (exact) mass is 468 g/mol. The molecule has 1 saturated carbocycles. The molecule has 1 unspecified atom stereocenters. The number of anilines is 2. The van der Waals surface area contributed by atoms with Gasteiger partial charge in [-0.3, -0.25) is 9.00 Å². The number of carbonyl (C=O) groups is 1. The molecule has 2 N–H and O–H groups in total. The third-order valence-electron chi connectivity index (χ3n) is 6.64. The molecule has 1 aromatic heterocycles. The number of methoxy groups -OCH3 is 1. The molecule has 2 fully saturated rings. The number of ether oxygens (including phenoxy) is 1. The van der Waals surface area contributed by atoms with E-state index in [0.717, 1.165) is 42.0 Å². The van der Waals surface area contributed by atoms with Crippen LogP contribution < -0.4 is 15.4 Å². The van der Waals surface area contributed by atoms with Gasteiger partial charge in [0.05, 0.1) is 12.0 Å². The van der Waals surface area contributed by atoms with Crippen LogP contribution in [0.2, 0.25) is 0 Å². The average molecular weight is 469 g/mol. The zero-order chi connectivity index (χ0) is 23.2. The maximum absolute atomic E-state index is 12.0. The lowest BCUT2D eigenvalue weighted by Crippen LogP contribution is -2.24. The van der Waals surface area contributed by atoms with E-state index in [1.807, 2.05) is 4.90 Å². The molecule has 1 spiro atoms. The molecule has 2 aromatic carbocycles. The summed E-state index contributed by atoms with van der Waals surface area (Å²) in [6.45, 7) is 0.800. The number of nitrogens with two attached hydrogens (primary N) is 1. The Bertz CT molecular complexity index is 1260. The van der Waals surface area contributed by atoms with Crippen LogP contribution in [0.1, 0.15) is 38.2 Å². The number of hydrogen-bond acceptors (Lipinski definition) is 7. The summed E-state index contributed by atoms with van der Waals surface area (Å²) in [6, 6.07) is 12.8. The summed E-state index contributed by atoms with van der Waals surface area (Å²) >= 11 is -2.22. The van der Waals surface area contributed by atoms with E-state index in [1.165, 1.54) is 31.6 Å². The number of aromatic nitrogens is 1. The highest BCUT2D eigenvalue weighted by atomic mass is 32.2. The summed E-state index contributed by atoms with van der Waals surface area (Å²) in [5, 5.41) is 3.95. The highest BCUT2D eigenvalue weighted by molar-refractivity contribution is 7.79. The standard InChI is InChI=1S/C17H17N3O2.C7H8O3S.H2/c18-16-12-9-17(5-6-17)13-4-3-10(20-7-1-2-14(20)21)8-11(13)15(12)22-19-16;1-10-6-4-2-3-5-7(6)11(8)9;/h3-4,8H,1-2,5-7,9H2,(H2,18,19);2-5H,1H3,(H,8,9);1H/p-1. The first-order valence-corrected chi connectivity index (χ1v) is 11.9. The number of rotatable bonds is 3. The Labute approximate surface area is 195 Å². The molecule has 8 nitrogen and oxygen atoms in total. The quantitative estimate of drug-likeness (QED) is 0.580. The van der Waals surface area contributed by atoms with Crippen molar-refractivity contribution in [2.45, 2.75) is 42.4 Å². The second-order valence-electron chi connectivity index (χ2n) is 8.60. The van der Waals surface area contributed by atoms with E-state index in [2.05, 4.69) is 23.4 Å². The lowest BCUT2D eigenvalue weighted by molar-refractivity contribution is -0.117. The van der Waals surface area contributed by atoms with E-state index < -0.39 is 11.1 Å². The van der Waals surface area contributed by atoms with Gasteiger partial charge in [-0.1, -0.05) is 23.4 Å². The summed E-state index contributed by atoms with van der Waals surface area (Å²) in [7, 11) is 1.44. The highest BCUT2D eigenvalue weighted by Crippen LogP contribution is 2.58. The number of benzene rings is 2. The van der Waals surface area contributed by atoms with E-state index in [4.69, 9.17) is 15.0 Å². The van der Waals surface area contributed by atoms with Crippen LogP contribution in [0.3, 0.4) is 0 Å². The summed E-state index contributed by atoms with van der Waals surface area (Å²) < 4.78 is 31.3. The Morgan fingerprint density at radius 2 is 2.06 bits per heavy atom. The van der Waals surface area contributed by atoms with Gasteiger partial charge in [-0.2, -0.15) is 0 Å². The molecular formula is C24H26N3O5S-. The molecule has 1 atom stereocenters. The number of nitrogens with zero attached hydrogens (tertiary/aromatic N) is 2. The average Bonchev–Trinajstić information content (AvgIpc) is 3.31. The van der Waals surface area contributed by atoms with Crippen molar-refractivity contribution in [2.24, 2.45) is 0 Å². The van der Waals surface area contributed by atoms with Crippen LogP contribution in [0.25, 0.3) is 11.3 Å². The topological polar surface area (TPSA) is 122 Å². The van der Waals surface area contributed by atoms with Gasteiger partial charge in [0.1, 0.15) is 5.75 Å². The SMILES string of the molecule is COc1ccccc1S(=O)[O-].Nc1noc2c1CC1(CC1)c1ccc(N3CCCC3=O)cc1-2.[HH]. The van der Waals surface area contributed by atoms with Gasteiger partial charge in [0.25, 0.3) is 0 Å². The molecule has 9 heteroatoms. The molecular weight excluding hydrogens is 442 g/mol. The summed E-state index contributed by atoms with van der Waals surface area (Å²) in [5.41, 5.74) is 10.6. The first-order valence-electron chi connectivity index (χ1n) is 10.8. The first kappa shape index (κ1) is 21.7. The van der Waals surface area contributed by atoms with Crippen LogP contribution in [0, 0.1) is 0 Å². The number of carbonyl (C=O) groups excluding carboxylic acids is 1. The number of para-hydroxylation sites is 1. The number of fused-ring (bicyclic) bond motifs is 4. The minimum Gasteiger partial charge on any atom is -0.768 e. The molecule has 2 heterocycles. The second-order valence-corrected chi connectivity index (χ2v) is 9.51. The molecule has 33 heavy (non-hydrogen) atoms. The first-order chi connectivity index (χ1) is 15.9. The van der Waals surface area contributed by atoms with Crippen LogP contribution in [0.15, 0.2) is 51.9 Å². The Balaban J connectivity index is 0.000000196. The maximum atomic E-state index is 12.0. The van der Waals surface area contributed by atoms with Gasteiger partial charge < -0.3 is 24.4 Å². The van der Waals surface area contributed by atoms with Gasteiger partial charge in [0.2, 0.25) is 5.91 Å². The van der Waals surface area contributed by atoms with Gasteiger partial charge in [0.15, 0.2) is 11.6 Å². The van der Waals surface area contributed by atoms with Crippen LogP contribution in [0.4, 0.5) is 11.5 Å². The summed E-state index contributed by atoms with van der Waals surface area (Å²) in [6.07, 6.45) is 4.87. The van der Waals surface area contributed by atoms with Crippen molar-refractivity contribution in [3.63, 3.8) is 0 Å². The second kappa shape index (κ2) is 8.31. The molecule has 3 aliphatic rings. The third-order valence-corrected chi connectivity index (χ3v) is 7.34. The van der Waals surface area contributed by atoms with Crippen LogP contribution in [0.5, 0.6) is 5.75 Å². The number of nitrogen functional groups attached to an aromatic ring is 1. The molecule has 1 amide bonds. The smallest absolute Gasteiger partial charge is 0.227 e. The third kappa shape index (κ3) is 3.81. The minimum absolute atomic E-state index is 0. The predicted molar refractivity (Wildman–Crippen MR) is 125 cm³/mol. The Hall–Kier alpha value is -3.17. The summed E-state index contributed by atoms with van der Waals surface area (Å²) in [4.78, 5) is 14.1. The van der Waals surface area contributed by atoms with Crippen molar-refractivity contribution >= 4 is 28.5 Å². The van der Waals surface area contributed by atoms with Crippen molar-refractivity contribution in [3.05, 3.63) is 53.6 Å². The Morgan fingerprint density at radius 1 is 1.27 bits per heavy atom.